The Hall–Kier alpha value is -1.10. The summed E-state index contributed by atoms with van der Waals surface area (Å²) in [7, 11) is 1.54. The van der Waals surface area contributed by atoms with Crippen molar-refractivity contribution in [3.05, 3.63) is 34.9 Å². The lowest BCUT2D eigenvalue weighted by Crippen LogP contribution is -2.45. The third-order valence-electron chi connectivity index (χ3n) is 3.55. The molecule has 0 bridgehead atoms. The van der Waals surface area contributed by atoms with Crippen LogP contribution in [0.3, 0.4) is 0 Å². The lowest BCUT2D eigenvalue weighted by atomic mass is 10.0. The van der Waals surface area contributed by atoms with Crippen molar-refractivity contribution >= 4 is 17.5 Å². The van der Waals surface area contributed by atoms with E-state index in [1.165, 1.54) is 12.7 Å². The van der Waals surface area contributed by atoms with Crippen LogP contribution in [0.4, 0.5) is 0 Å². The molecule has 5 heteroatoms. The van der Waals surface area contributed by atoms with Crippen molar-refractivity contribution in [3.8, 4) is 0 Å². The Kier molecular flexibility index (Phi) is 5.83. The number of nitrogens with zero attached hydrogens (tertiary/aromatic N) is 1. The molecule has 0 atom stereocenters. The van der Waals surface area contributed by atoms with Gasteiger partial charge in [-0.25, -0.2) is 0 Å². The largest absolute Gasteiger partial charge is 0.375 e. The molecule has 1 aliphatic rings. The molecule has 2 rings (SSSR count). The van der Waals surface area contributed by atoms with Gasteiger partial charge in [-0.15, -0.1) is 0 Å². The highest BCUT2D eigenvalue weighted by molar-refractivity contribution is 6.30. The van der Waals surface area contributed by atoms with Crippen molar-refractivity contribution in [3.63, 3.8) is 0 Å². The van der Waals surface area contributed by atoms with E-state index in [1.807, 2.05) is 12.1 Å². The van der Waals surface area contributed by atoms with Gasteiger partial charge in [0.25, 0.3) is 0 Å². The van der Waals surface area contributed by atoms with Crippen LogP contribution in [0, 0.1) is 0 Å². The number of piperidine rings is 1. The summed E-state index contributed by atoms with van der Waals surface area (Å²) in [6, 6.07) is 8.26. The van der Waals surface area contributed by atoms with E-state index in [-0.39, 0.29) is 18.6 Å². The van der Waals surface area contributed by atoms with Crippen LogP contribution in [0.25, 0.3) is 0 Å². The minimum absolute atomic E-state index is 0.0244. The smallest absolute Gasteiger partial charge is 0.246 e. The maximum absolute atomic E-state index is 11.5. The van der Waals surface area contributed by atoms with Gasteiger partial charge in [-0.05, 0) is 30.5 Å². The van der Waals surface area contributed by atoms with Gasteiger partial charge in [0.05, 0.1) is 0 Å². The van der Waals surface area contributed by atoms with E-state index < -0.39 is 0 Å². The number of benzene rings is 1. The highest BCUT2D eigenvalue weighted by Crippen LogP contribution is 2.15. The molecule has 1 N–H and O–H groups in total. The predicted molar refractivity (Wildman–Crippen MR) is 79.8 cm³/mol. The average Bonchev–Trinajstić information content (AvgIpc) is 2.44. The van der Waals surface area contributed by atoms with E-state index in [0.29, 0.717) is 0 Å². The molecule has 0 radical (unpaired) electrons. The summed E-state index contributed by atoms with van der Waals surface area (Å²) in [4.78, 5) is 13.9. The molecule has 0 aliphatic carbocycles. The minimum Gasteiger partial charge on any atom is -0.375 e. The van der Waals surface area contributed by atoms with E-state index in [2.05, 4.69) is 22.3 Å². The molecule has 0 unspecified atom stereocenters. The number of amides is 1. The number of hydrogen-bond donors (Lipinski definition) is 1. The molecule has 4 nitrogen and oxygen atoms in total. The zero-order chi connectivity index (χ0) is 14.4. The number of halogens is 1. The summed E-state index contributed by atoms with van der Waals surface area (Å²) >= 11 is 5.88. The van der Waals surface area contributed by atoms with E-state index in [4.69, 9.17) is 16.3 Å². The summed E-state index contributed by atoms with van der Waals surface area (Å²) in [5.74, 6) is -0.0244. The first-order chi connectivity index (χ1) is 9.67. The van der Waals surface area contributed by atoms with Gasteiger partial charge in [-0.3, -0.25) is 9.69 Å². The number of hydrogen-bond acceptors (Lipinski definition) is 3. The summed E-state index contributed by atoms with van der Waals surface area (Å²) < 4.78 is 4.82. The molecule has 1 aliphatic heterocycles. The molecule has 1 fully saturated rings. The highest BCUT2D eigenvalue weighted by atomic mass is 35.5. The zero-order valence-electron chi connectivity index (χ0n) is 11.8. The Morgan fingerprint density at radius 2 is 2.00 bits per heavy atom. The average molecular weight is 297 g/mol. The van der Waals surface area contributed by atoms with Crippen LogP contribution in [-0.4, -0.2) is 43.7 Å². The second-order valence-electron chi connectivity index (χ2n) is 5.18. The first-order valence-corrected chi connectivity index (χ1v) is 7.30. The lowest BCUT2D eigenvalue weighted by molar-refractivity contribution is -0.125. The molecular formula is C15H21ClN2O2. The van der Waals surface area contributed by atoms with Crippen molar-refractivity contribution in [1.29, 1.82) is 0 Å². The first-order valence-electron chi connectivity index (χ1n) is 6.92. The summed E-state index contributed by atoms with van der Waals surface area (Å²) in [6.45, 7) is 3.09. The Morgan fingerprint density at radius 3 is 2.60 bits per heavy atom. The van der Waals surface area contributed by atoms with E-state index in [1.54, 1.807) is 0 Å². The standard InChI is InChI=1S/C15H21ClN2O2/c1-20-11-15(19)17-14-6-8-18(9-7-14)10-12-2-4-13(16)5-3-12/h2-5,14H,6-11H2,1H3,(H,17,19). The van der Waals surface area contributed by atoms with Crippen LogP contribution in [-0.2, 0) is 16.1 Å². The van der Waals surface area contributed by atoms with Crippen LogP contribution in [0.15, 0.2) is 24.3 Å². The predicted octanol–water partition coefficient (Wildman–Crippen LogP) is 2.07. The topological polar surface area (TPSA) is 41.6 Å². The summed E-state index contributed by atoms with van der Waals surface area (Å²) in [6.07, 6.45) is 1.98. The van der Waals surface area contributed by atoms with Gasteiger partial charge in [0.15, 0.2) is 0 Å². The molecule has 0 spiro atoms. The van der Waals surface area contributed by atoms with Crippen molar-refractivity contribution < 1.29 is 9.53 Å². The first kappa shape index (κ1) is 15.3. The summed E-state index contributed by atoms with van der Waals surface area (Å²) in [5, 5.41) is 3.78. The van der Waals surface area contributed by atoms with Crippen LogP contribution in [0.5, 0.6) is 0 Å². The quantitative estimate of drug-likeness (QED) is 0.904. The van der Waals surface area contributed by atoms with Gasteiger partial charge >= 0.3 is 0 Å². The monoisotopic (exact) mass is 296 g/mol. The van der Waals surface area contributed by atoms with Crippen molar-refractivity contribution in [2.24, 2.45) is 0 Å². The van der Waals surface area contributed by atoms with Gasteiger partial charge < -0.3 is 10.1 Å². The van der Waals surface area contributed by atoms with E-state index in [9.17, 15) is 4.79 Å². The minimum atomic E-state index is -0.0244. The Morgan fingerprint density at radius 1 is 1.35 bits per heavy atom. The molecule has 1 aromatic carbocycles. The van der Waals surface area contributed by atoms with Gasteiger partial charge in [-0.1, -0.05) is 23.7 Å². The van der Waals surface area contributed by atoms with Crippen molar-refractivity contribution in [2.75, 3.05) is 26.8 Å². The molecular weight excluding hydrogens is 276 g/mol. The fraction of sp³-hybridized carbons (Fsp3) is 0.533. The molecule has 1 saturated heterocycles. The number of rotatable bonds is 5. The van der Waals surface area contributed by atoms with Crippen molar-refractivity contribution in [1.82, 2.24) is 10.2 Å². The van der Waals surface area contributed by atoms with Crippen LogP contribution < -0.4 is 5.32 Å². The number of carbonyl (C=O) groups is 1. The molecule has 1 aromatic rings. The molecule has 0 saturated carbocycles. The number of likely N-dealkylation sites (tertiary alicyclic amines) is 1. The molecule has 20 heavy (non-hydrogen) atoms. The van der Waals surface area contributed by atoms with E-state index in [0.717, 1.165) is 37.5 Å². The van der Waals surface area contributed by atoms with Gasteiger partial charge in [0, 0.05) is 37.8 Å². The van der Waals surface area contributed by atoms with Gasteiger partial charge in [-0.2, -0.15) is 0 Å². The highest BCUT2D eigenvalue weighted by Gasteiger charge is 2.20. The molecule has 1 heterocycles. The Labute approximate surface area is 125 Å². The number of ether oxygens (including phenoxy) is 1. The lowest BCUT2D eigenvalue weighted by Gasteiger charge is -2.32. The fourth-order valence-corrected chi connectivity index (χ4v) is 2.61. The second kappa shape index (κ2) is 7.62. The maximum atomic E-state index is 11.5. The Balaban J connectivity index is 1.74. The van der Waals surface area contributed by atoms with Crippen LogP contribution in [0.1, 0.15) is 18.4 Å². The van der Waals surface area contributed by atoms with Gasteiger partial charge in [0.1, 0.15) is 6.61 Å². The number of carbonyl (C=O) groups excluding carboxylic acids is 1. The van der Waals surface area contributed by atoms with Crippen LogP contribution >= 0.6 is 11.6 Å². The third-order valence-corrected chi connectivity index (χ3v) is 3.80. The molecule has 110 valence electrons. The fourth-order valence-electron chi connectivity index (χ4n) is 2.48. The Bertz CT molecular complexity index is 428. The number of nitrogens with one attached hydrogen (secondary N) is 1. The van der Waals surface area contributed by atoms with Gasteiger partial charge in [0.2, 0.25) is 5.91 Å². The van der Waals surface area contributed by atoms with E-state index >= 15 is 0 Å². The zero-order valence-corrected chi connectivity index (χ0v) is 12.5. The molecule has 0 aromatic heterocycles. The third kappa shape index (κ3) is 4.78. The SMILES string of the molecule is COCC(=O)NC1CCN(Cc2ccc(Cl)cc2)CC1. The normalized spacial score (nSPS) is 17.1. The second-order valence-corrected chi connectivity index (χ2v) is 5.61. The van der Waals surface area contributed by atoms with Crippen molar-refractivity contribution in [2.45, 2.75) is 25.4 Å². The molecule has 1 amide bonds. The summed E-state index contributed by atoms with van der Waals surface area (Å²) in [5.41, 5.74) is 1.27. The maximum Gasteiger partial charge on any atom is 0.246 e. The van der Waals surface area contributed by atoms with Crippen LogP contribution in [0.2, 0.25) is 5.02 Å². The number of methoxy groups -OCH3 is 1.